The molecule has 2 aromatic carbocycles. The van der Waals surface area contributed by atoms with E-state index >= 15 is 0 Å². The van der Waals surface area contributed by atoms with Gasteiger partial charge in [0.1, 0.15) is 12.0 Å². The molecular formula is C18H18IN5. The van der Waals surface area contributed by atoms with Crippen LogP contribution in [0.4, 0.5) is 28.7 Å². The van der Waals surface area contributed by atoms with Crippen molar-refractivity contribution in [1.29, 1.82) is 0 Å². The van der Waals surface area contributed by atoms with Crippen LogP contribution in [0.3, 0.4) is 0 Å². The smallest absolute Gasteiger partial charge is 0.161 e. The molecular weight excluding hydrogens is 413 g/mol. The quantitative estimate of drug-likeness (QED) is 0.580. The molecule has 0 aliphatic carbocycles. The third kappa shape index (κ3) is 3.59. The van der Waals surface area contributed by atoms with Crippen molar-refractivity contribution < 1.29 is 0 Å². The Labute approximate surface area is 155 Å². The van der Waals surface area contributed by atoms with E-state index in [1.807, 2.05) is 54.6 Å². The van der Waals surface area contributed by atoms with E-state index in [4.69, 9.17) is 5.73 Å². The maximum atomic E-state index is 6.34. The predicted octanol–water partition coefficient (Wildman–Crippen LogP) is 4.57. The van der Waals surface area contributed by atoms with Crippen LogP contribution in [0.5, 0.6) is 0 Å². The number of halogens is 1. The van der Waals surface area contributed by atoms with Crippen molar-refractivity contribution in [1.82, 2.24) is 9.97 Å². The fourth-order valence-corrected chi connectivity index (χ4v) is 2.79. The molecule has 3 aromatic rings. The molecule has 5 nitrogen and oxygen atoms in total. The molecule has 0 fully saturated rings. The van der Waals surface area contributed by atoms with Crippen LogP contribution >= 0.6 is 22.6 Å². The van der Waals surface area contributed by atoms with E-state index < -0.39 is 0 Å². The Morgan fingerprint density at radius 3 is 2.42 bits per heavy atom. The summed E-state index contributed by atoms with van der Waals surface area (Å²) in [4.78, 5) is 10.7. The highest BCUT2D eigenvalue weighted by atomic mass is 127. The van der Waals surface area contributed by atoms with Crippen molar-refractivity contribution in [2.45, 2.75) is 6.92 Å². The number of nitrogen functional groups attached to an aromatic ring is 1. The lowest BCUT2D eigenvalue weighted by Crippen LogP contribution is -2.19. The average molecular weight is 431 g/mol. The van der Waals surface area contributed by atoms with Gasteiger partial charge in [-0.2, -0.15) is 0 Å². The lowest BCUT2D eigenvalue weighted by Gasteiger charge is -2.24. The summed E-state index contributed by atoms with van der Waals surface area (Å²) in [6, 6.07) is 18.1. The first-order valence-corrected chi connectivity index (χ1v) is 8.72. The largest absolute Gasteiger partial charge is 0.393 e. The Morgan fingerprint density at radius 2 is 1.75 bits per heavy atom. The van der Waals surface area contributed by atoms with Gasteiger partial charge in [-0.05, 0) is 65.9 Å². The van der Waals surface area contributed by atoms with Crippen molar-refractivity contribution in [3.8, 4) is 0 Å². The molecule has 0 atom stereocenters. The van der Waals surface area contributed by atoms with Gasteiger partial charge in [-0.25, -0.2) is 9.97 Å². The second-order valence-electron chi connectivity index (χ2n) is 5.17. The molecule has 3 N–H and O–H groups in total. The monoisotopic (exact) mass is 431 g/mol. The van der Waals surface area contributed by atoms with Gasteiger partial charge in [0, 0.05) is 21.5 Å². The van der Waals surface area contributed by atoms with Crippen molar-refractivity contribution in [2.24, 2.45) is 0 Å². The zero-order valence-electron chi connectivity index (χ0n) is 13.3. The van der Waals surface area contributed by atoms with Gasteiger partial charge in [-0.1, -0.05) is 18.2 Å². The summed E-state index contributed by atoms with van der Waals surface area (Å²) in [7, 11) is 0. The molecule has 0 saturated heterocycles. The number of nitrogens with one attached hydrogen (secondary N) is 1. The molecule has 6 heteroatoms. The van der Waals surface area contributed by atoms with E-state index in [0.717, 1.165) is 17.9 Å². The van der Waals surface area contributed by atoms with Crippen LogP contribution in [0.25, 0.3) is 0 Å². The van der Waals surface area contributed by atoms with Gasteiger partial charge in [0.25, 0.3) is 0 Å². The number of rotatable bonds is 5. The molecule has 0 amide bonds. The van der Waals surface area contributed by atoms with Crippen LogP contribution < -0.4 is 16.0 Å². The second kappa shape index (κ2) is 7.48. The predicted molar refractivity (Wildman–Crippen MR) is 108 cm³/mol. The first-order valence-electron chi connectivity index (χ1n) is 7.64. The first kappa shape index (κ1) is 16.5. The molecule has 0 aliphatic rings. The van der Waals surface area contributed by atoms with Gasteiger partial charge >= 0.3 is 0 Å². The Kier molecular flexibility index (Phi) is 5.14. The maximum absolute atomic E-state index is 6.34. The number of anilines is 5. The van der Waals surface area contributed by atoms with Gasteiger partial charge < -0.3 is 16.0 Å². The summed E-state index contributed by atoms with van der Waals surface area (Å²) in [6.07, 6.45) is 1.53. The van der Waals surface area contributed by atoms with Crippen molar-refractivity contribution in [3.05, 3.63) is 64.5 Å². The van der Waals surface area contributed by atoms with Gasteiger partial charge in [0.15, 0.2) is 11.6 Å². The molecule has 122 valence electrons. The average Bonchev–Trinajstić information content (AvgIpc) is 2.61. The third-order valence-corrected chi connectivity index (χ3v) is 4.33. The standard InChI is InChI=1S/C18H18IN5/c1-2-24(15-6-4-3-5-7-15)18-16(20)17(21-12-22-18)23-14-10-8-13(19)9-11-14/h3-12H,2,20H2,1H3,(H,21,22,23). The number of aromatic nitrogens is 2. The van der Waals surface area contributed by atoms with E-state index in [0.29, 0.717) is 17.3 Å². The SMILES string of the molecule is CCN(c1ccccc1)c1ncnc(Nc2ccc(I)cc2)c1N. The van der Waals surface area contributed by atoms with Crippen molar-refractivity contribution >= 4 is 51.3 Å². The molecule has 0 radical (unpaired) electrons. The highest BCUT2D eigenvalue weighted by Gasteiger charge is 2.15. The van der Waals surface area contributed by atoms with E-state index in [2.05, 4.69) is 49.7 Å². The number of benzene rings is 2. The van der Waals surface area contributed by atoms with E-state index in [-0.39, 0.29) is 0 Å². The minimum absolute atomic E-state index is 0.529. The number of nitrogens with zero attached hydrogens (tertiary/aromatic N) is 3. The third-order valence-electron chi connectivity index (χ3n) is 3.61. The Bertz CT molecular complexity index is 805. The fraction of sp³-hybridized carbons (Fsp3) is 0.111. The van der Waals surface area contributed by atoms with E-state index in [1.165, 1.54) is 9.90 Å². The van der Waals surface area contributed by atoms with Gasteiger partial charge in [-0.15, -0.1) is 0 Å². The molecule has 0 bridgehead atoms. The molecule has 1 aromatic heterocycles. The van der Waals surface area contributed by atoms with Crippen LogP contribution in [0, 0.1) is 3.57 Å². The number of hydrogen-bond donors (Lipinski definition) is 2. The fourth-order valence-electron chi connectivity index (χ4n) is 2.43. The zero-order valence-corrected chi connectivity index (χ0v) is 15.4. The second-order valence-corrected chi connectivity index (χ2v) is 6.42. The van der Waals surface area contributed by atoms with Gasteiger partial charge in [-0.3, -0.25) is 0 Å². The summed E-state index contributed by atoms with van der Waals surface area (Å²) in [5, 5.41) is 3.26. The van der Waals surface area contributed by atoms with E-state index in [9.17, 15) is 0 Å². The van der Waals surface area contributed by atoms with Gasteiger partial charge in [0.05, 0.1) is 0 Å². The summed E-state index contributed by atoms with van der Waals surface area (Å²) in [5.41, 5.74) is 8.86. The topological polar surface area (TPSA) is 67.1 Å². The highest BCUT2D eigenvalue weighted by Crippen LogP contribution is 2.32. The van der Waals surface area contributed by atoms with Crippen LogP contribution in [-0.4, -0.2) is 16.5 Å². The van der Waals surface area contributed by atoms with Crippen molar-refractivity contribution in [2.75, 3.05) is 22.5 Å². The lowest BCUT2D eigenvalue weighted by atomic mass is 10.2. The summed E-state index contributed by atoms with van der Waals surface area (Å²) < 4.78 is 1.18. The molecule has 0 aliphatic heterocycles. The van der Waals surface area contributed by atoms with Crippen LogP contribution in [0.15, 0.2) is 60.9 Å². The Balaban J connectivity index is 1.94. The summed E-state index contributed by atoms with van der Waals surface area (Å²) in [6.45, 7) is 2.83. The minimum atomic E-state index is 0.529. The van der Waals surface area contributed by atoms with E-state index in [1.54, 1.807) is 0 Å². The Hall–Kier alpha value is -2.35. The molecule has 0 spiro atoms. The molecule has 0 saturated carbocycles. The summed E-state index contributed by atoms with van der Waals surface area (Å²) >= 11 is 2.27. The highest BCUT2D eigenvalue weighted by molar-refractivity contribution is 14.1. The maximum Gasteiger partial charge on any atom is 0.161 e. The van der Waals surface area contributed by atoms with Gasteiger partial charge in [0.2, 0.25) is 0 Å². The summed E-state index contributed by atoms with van der Waals surface area (Å²) in [5.74, 6) is 1.31. The zero-order chi connectivity index (χ0) is 16.9. The minimum Gasteiger partial charge on any atom is -0.393 e. The number of nitrogens with two attached hydrogens (primary N) is 1. The number of para-hydroxylation sites is 1. The molecule has 3 rings (SSSR count). The molecule has 1 heterocycles. The Morgan fingerprint density at radius 1 is 1.04 bits per heavy atom. The van der Waals surface area contributed by atoms with Crippen molar-refractivity contribution in [3.63, 3.8) is 0 Å². The van der Waals surface area contributed by atoms with Crippen LogP contribution in [0.2, 0.25) is 0 Å². The lowest BCUT2D eigenvalue weighted by molar-refractivity contribution is 0.980. The number of hydrogen-bond acceptors (Lipinski definition) is 5. The van der Waals surface area contributed by atoms with Crippen LogP contribution in [-0.2, 0) is 0 Å². The van der Waals surface area contributed by atoms with Crippen LogP contribution in [0.1, 0.15) is 6.92 Å². The first-order chi connectivity index (χ1) is 11.7. The molecule has 0 unspecified atom stereocenters. The molecule has 24 heavy (non-hydrogen) atoms. The normalized spacial score (nSPS) is 10.4.